The van der Waals surface area contributed by atoms with Crippen molar-refractivity contribution in [2.45, 2.75) is 39.3 Å². The number of carbonyl (C=O) groups excluding carboxylic acids is 2. The van der Waals surface area contributed by atoms with Gasteiger partial charge in [0.2, 0.25) is 12.7 Å². The molecule has 1 aliphatic rings. The molecule has 41 heavy (non-hydrogen) atoms. The number of carbonyl (C=O) groups is 2. The molecule has 0 radical (unpaired) electrons. The standard InChI is InChI=1S/C33H38N4O4/c1-5-23(2)37(33(39)25-12-15-30-31(18-25)41-22-40-30)21-32(38)36(20-24-10-13-27(14-11-24)35(3)4)17-16-26-19-34-29-9-7-6-8-28(26)29/h6-15,18-19,23,34H,5,16-17,20-22H2,1-4H3. The Balaban J connectivity index is 1.37. The largest absolute Gasteiger partial charge is 0.454 e. The number of amides is 2. The smallest absolute Gasteiger partial charge is 0.254 e. The number of nitrogens with zero attached hydrogens (tertiary/aromatic N) is 3. The number of H-pyrrole nitrogens is 1. The third kappa shape index (κ3) is 6.32. The van der Waals surface area contributed by atoms with E-state index in [1.807, 2.05) is 51.2 Å². The van der Waals surface area contributed by atoms with Crippen LogP contribution in [0.15, 0.2) is 72.9 Å². The van der Waals surface area contributed by atoms with Crippen LogP contribution >= 0.6 is 0 Å². The second kappa shape index (κ2) is 12.4. The van der Waals surface area contributed by atoms with Gasteiger partial charge in [-0.05, 0) is 67.3 Å². The van der Waals surface area contributed by atoms with Gasteiger partial charge in [0.05, 0.1) is 0 Å². The van der Waals surface area contributed by atoms with Gasteiger partial charge in [0.15, 0.2) is 11.5 Å². The minimum absolute atomic E-state index is 0.00799. The molecule has 214 valence electrons. The molecule has 4 aromatic rings. The fourth-order valence-corrected chi connectivity index (χ4v) is 5.09. The number of rotatable bonds is 11. The molecule has 0 spiro atoms. The maximum absolute atomic E-state index is 14.0. The molecular formula is C33H38N4O4. The third-order valence-corrected chi connectivity index (χ3v) is 7.81. The molecule has 1 aromatic heterocycles. The summed E-state index contributed by atoms with van der Waals surface area (Å²) >= 11 is 0. The molecule has 2 heterocycles. The summed E-state index contributed by atoms with van der Waals surface area (Å²) in [6.07, 6.45) is 3.45. The van der Waals surface area contributed by atoms with Crippen molar-refractivity contribution in [1.82, 2.24) is 14.8 Å². The third-order valence-electron chi connectivity index (χ3n) is 7.81. The second-order valence-electron chi connectivity index (χ2n) is 10.7. The van der Waals surface area contributed by atoms with Gasteiger partial charge >= 0.3 is 0 Å². The Hall–Kier alpha value is -4.46. The average Bonchev–Trinajstić information content (AvgIpc) is 3.64. The fourth-order valence-electron chi connectivity index (χ4n) is 5.09. The van der Waals surface area contributed by atoms with E-state index in [1.165, 1.54) is 0 Å². The highest BCUT2D eigenvalue weighted by Crippen LogP contribution is 2.33. The summed E-state index contributed by atoms with van der Waals surface area (Å²) < 4.78 is 10.9. The Morgan fingerprint density at radius 2 is 1.73 bits per heavy atom. The van der Waals surface area contributed by atoms with Crippen LogP contribution in [0.5, 0.6) is 11.5 Å². The Morgan fingerprint density at radius 1 is 0.976 bits per heavy atom. The van der Waals surface area contributed by atoms with Crippen LogP contribution < -0.4 is 14.4 Å². The van der Waals surface area contributed by atoms with Gasteiger partial charge in [-0.25, -0.2) is 0 Å². The lowest BCUT2D eigenvalue weighted by atomic mass is 10.1. The lowest BCUT2D eigenvalue weighted by Crippen LogP contribution is -2.46. The summed E-state index contributed by atoms with van der Waals surface area (Å²) in [4.78, 5) is 36.6. The zero-order chi connectivity index (χ0) is 28.9. The van der Waals surface area contributed by atoms with E-state index in [4.69, 9.17) is 9.47 Å². The first-order chi connectivity index (χ1) is 19.8. The number of hydrogen-bond acceptors (Lipinski definition) is 5. The molecule has 0 saturated heterocycles. The zero-order valence-corrected chi connectivity index (χ0v) is 24.2. The van der Waals surface area contributed by atoms with Gasteiger partial charge in [-0.1, -0.05) is 37.3 Å². The van der Waals surface area contributed by atoms with Crippen molar-refractivity contribution in [2.75, 3.05) is 38.9 Å². The molecule has 3 aromatic carbocycles. The Kier molecular flexibility index (Phi) is 8.47. The van der Waals surface area contributed by atoms with Crippen LogP contribution in [0.2, 0.25) is 0 Å². The number of benzene rings is 3. The molecule has 1 N–H and O–H groups in total. The lowest BCUT2D eigenvalue weighted by molar-refractivity contribution is -0.133. The van der Waals surface area contributed by atoms with Crippen LogP contribution in [0.1, 0.15) is 41.8 Å². The summed E-state index contributed by atoms with van der Waals surface area (Å²) in [5, 5.41) is 1.16. The van der Waals surface area contributed by atoms with E-state index in [9.17, 15) is 9.59 Å². The highest BCUT2D eigenvalue weighted by Gasteiger charge is 2.27. The maximum Gasteiger partial charge on any atom is 0.254 e. The quantitative estimate of drug-likeness (QED) is 0.266. The predicted octanol–water partition coefficient (Wildman–Crippen LogP) is 5.47. The molecule has 1 atom stereocenters. The van der Waals surface area contributed by atoms with Crippen molar-refractivity contribution in [1.29, 1.82) is 0 Å². The molecule has 0 aliphatic carbocycles. The predicted molar refractivity (Wildman–Crippen MR) is 162 cm³/mol. The highest BCUT2D eigenvalue weighted by molar-refractivity contribution is 5.97. The molecule has 1 aliphatic heterocycles. The van der Waals surface area contributed by atoms with E-state index in [0.29, 0.717) is 36.6 Å². The molecule has 1 unspecified atom stereocenters. The van der Waals surface area contributed by atoms with E-state index in [2.05, 4.69) is 46.3 Å². The maximum atomic E-state index is 14.0. The Labute approximate surface area is 241 Å². The van der Waals surface area contributed by atoms with Crippen molar-refractivity contribution in [3.8, 4) is 11.5 Å². The first-order valence-corrected chi connectivity index (χ1v) is 14.1. The molecule has 0 saturated carbocycles. The molecule has 8 nitrogen and oxygen atoms in total. The topological polar surface area (TPSA) is 78.1 Å². The van der Waals surface area contributed by atoms with E-state index >= 15 is 0 Å². The summed E-state index contributed by atoms with van der Waals surface area (Å²) in [6, 6.07) is 21.5. The molecular weight excluding hydrogens is 516 g/mol. The summed E-state index contributed by atoms with van der Waals surface area (Å²) in [6.45, 7) is 5.13. The van der Waals surface area contributed by atoms with Crippen LogP contribution in [0.25, 0.3) is 10.9 Å². The monoisotopic (exact) mass is 554 g/mol. The normalized spacial score (nSPS) is 12.8. The van der Waals surface area contributed by atoms with E-state index < -0.39 is 0 Å². The van der Waals surface area contributed by atoms with E-state index in [-0.39, 0.29) is 31.2 Å². The van der Waals surface area contributed by atoms with Crippen molar-refractivity contribution >= 4 is 28.4 Å². The van der Waals surface area contributed by atoms with Gasteiger partial charge < -0.3 is 29.2 Å². The number of aromatic amines is 1. The van der Waals surface area contributed by atoms with E-state index in [1.54, 1.807) is 23.1 Å². The van der Waals surface area contributed by atoms with Gasteiger partial charge in [-0.3, -0.25) is 9.59 Å². The highest BCUT2D eigenvalue weighted by atomic mass is 16.7. The molecule has 0 fully saturated rings. The SMILES string of the molecule is CCC(C)N(CC(=O)N(CCc1c[nH]c2ccccc12)Cc1ccc(N(C)C)cc1)C(=O)c1ccc2c(c1)OCO2. The summed E-state index contributed by atoms with van der Waals surface area (Å²) in [7, 11) is 4.01. The summed E-state index contributed by atoms with van der Waals surface area (Å²) in [5.74, 6) is 0.887. The average molecular weight is 555 g/mol. The minimum atomic E-state index is -0.196. The number of para-hydroxylation sites is 1. The zero-order valence-electron chi connectivity index (χ0n) is 24.2. The number of aromatic nitrogens is 1. The number of fused-ring (bicyclic) bond motifs is 2. The van der Waals surface area contributed by atoms with Crippen LogP contribution in [0, 0.1) is 0 Å². The van der Waals surface area contributed by atoms with Crippen molar-refractivity contribution in [3.05, 3.63) is 89.6 Å². The molecule has 8 heteroatoms. The Morgan fingerprint density at radius 3 is 2.49 bits per heavy atom. The first-order valence-electron chi connectivity index (χ1n) is 14.1. The fraction of sp³-hybridized carbons (Fsp3) is 0.333. The van der Waals surface area contributed by atoms with Gasteiger partial charge in [-0.15, -0.1) is 0 Å². The molecule has 2 amide bonds. The van der Waals surface area contributed by atoms with Crippen molar-refractivity contribution < 1.29 is 19.1 Å². The van der Waals surface area contributed by atoms with Gasteiger partial charge in [0, 0.05) is 61.6 Å². The summed E-state index contributed by atoms with van der Waals surface area (Å²) in [5.41, 5.74) is 4.86. The van der Waals surface area contributed by atoms with Crippen LogP contribution in [0.4, 0.5) is 5.69 Å². The van der Waals surface area contributed by atoms with Gasteiger partial charge in [0.1, 0.15) is 6.54 Å². The number of hydrogen-bond donors (Lipinski definition) is 1. The number of nitrogens with one attached hydrogen (secondary N) is 1. The van der Waals surface area contributed by atoms with E-state index in [0.717, 1.165) is 34.1 Å². The number of anilines is 1. The number of ether oxygens (including phenoxy) is 2. The first kappa shape index (κ1) is 28.1. The Bertz CT molecular complexity index is 1510. The van der Waals surface area contributed by atoms with Crippen molar-refractivity contribution in [3.63, 3.8) is 0 Å². The van der Waals surface area contributed by atoms with Crippen molar-refractivity contribution in [2.24, 2.45) is 0 Å². The lowest BCUT2D eigenvalue weighted by Gasteiger charge is -2.31. The van der Waals surface area contributed by atoms with Crippen LogP contribution in [-0.4, -0.2) is 66.6 Å². The van der Waals surface area contributed by atoms with Gasteiger partial charge in [0.25, 0.3) is 5.91 Å². The van der Waals surface area contributed by atoms with Crippen LogP contribution in [-0.2, 0) is 17.8 Å². The van der Waals surface area contributed by atoms with Gasteiger partial charge in [-0.2, -0.15) is 0 Å². The second-order valence-corrected chi connectivity index (χ2v) is 10.7. The molecule has 5 rings (SSSR count). The minimum Gasteiger partial charge on any atom is -0.454 e. The molecule has 0 bridgehead atoms. The van der Waals surface area contributed by atoms with Crippen LogP contribution in [0.3, 0.4) is 0 Å².